The minimum Gasteiger partial charge on any atom is -0.313 e. The largest absolute Gasteiger partial charge is 0.313 e. The molecule has 0 bridgehead atoms. The highest BCUT2D eigenvalue weighted by Crippen LogP contribution is 2.46. The summed E-state index contributed by atoms with van der Waals surface area (Å²) in [6, 6.07) is 0.752. The Balaban J connectivity index is 2.74. The maximum atomic E-state index is 3.87. The van der Waals surface area contributed by atoms with Crippen LogP contribution in [0.3, 0.4) is 0 Å². The molecule has 0 radical (unpaired) electrons. The maximum absolute atomic E-state index is 3.87. The fourth-order valence-electron chi connectivity index (χ4n) is 3.76. The van der Waals surface area contributed by atoms with Crippen LogP contribution in [-0.4, -0.2) is 12.6 Å². The molecule has 0 aromatic rings. The van der Waals surface area contributed by atoms with Gasteiger partial charge in [0.25, 0.3) is 0 Å². The summed E-state index contributed by atoms with van der Waals surface area (Å²) < 4.78 is 0. The van der Waals surface area contributed by atoms with Gasteiger partial charge in [0.05, 0.1) is 0 Å². The zero-order chi connectivity index (χ0) is 12.9. The van der Waals surface area contributed by atoms with E-state index in [0.29, 0.717) is 5.41 Å². The van der Waals surface area contributed by atoms with Gasteiger partial charge >= 0.3 is 0 Å². The summed E-state index contributed by atoms with van der Waals surface area (Å²) in [7, 11) is 0. The molecule has 1 aliphatic carbocycles. The Morgan fingerprint density at radius 2 is 1.82 bits per heavy atom. The highest BCUT2D eigenvalue weighted by Gasteiger charge is 2.41. The topological polar surface area (TPSA) is 12.0 Å². The van der Waals surface area contributed by atoms with Crippen LogP contribution in [0.1, 0.15) is 73.1 Å². The molecule has 0 aliphatic heterocycles. The second-order valence-corrected chi connectivity index (χ2v) is 6.54. The second-order valence-electron chi connectivity index (χ2n) is 6.54. The zero-order valence-electron chi connectivity index (χ0n) is 12.7. The summed E-state index contributed by atoms with van der Waals surface area (Å²) in [5, 5.41) is 3.87. The van der Waals surface area contributed by atoms with Gasteiger partial charge in [0, 0.05) is 6.04 Å². The number of rotatable bonds is 7. The lowest BCUT2D eigenvalue weighted by molar-refractivity contribution is 0.147. The second kappa shape index (κ2) is 6.78. The van der Waals surface area contributed by atoms with Gasteiger partial charge in [-0.25, -0.2) is 0 Å². The highest BCUT2D eigenvalue weighted by atomic mass is 14.9. The summed E-state index contributed by atoms with van der Waals surface area (Å²) in [6.45, 7) is 13.1. The van der Waals surface area contributed by atoms with Crippen molar-refractivity contribution in [3.05, 3.63) is 0 Å². The summed E-state index contributed by atoms with van der Waals surface area (Å²) in [5.74, 6) is 1.75. The molecule has 0 spiro atoms. The van der Waals surface area contributed by atoms with Crippen LogP contribution in [0, 0.1) is 17.3 Å². The minimum absolute atomic E-state index is 0.550. The number of hydrogen-bond donors (Lipinski definition) is 1. The molecule has 1 nitrogen and oxygen atoms in total. The van der Waals surface area contributed by atoms with Gasteiger partial charge in [0.2, 0.25) is 0 Å². The fraction of sp³-hybridized carbons (Fsp3) is 1.00. The van der Waals surface area contributed by atoms with Crippen molar-refractivity contribution in [2.24, 2.45) is 17.3 Å². The molecule has 0 amide bonds. The first-order chi connectivity index (χ1) is 8.06. The van der Waals surface area contributed by atoms with Crippen LogP contribution in [-0.2, 0) is 0 Å². The fourth-order valence-corrected chi connectivity index (χ4v) is 3.76. The quantitative estimate of drug-likeness (QED) is 0.683. The Kier molecular flexibility index (Phi) is 5.99. The van der Waals surface area contributed by atoms with Gasteiger partial charge in [0.1, 0.15) is 0 Å². The first kappa shape index (κ1) is 15.0. The van der Waals surface area contributed by atoms with Gasteiger partial charge in [-0.1, -0.05) is 53.9 Å². The van der Waals surface area contributed by atoms with Gasteiger partial charge < -0.3 is 5.32 Å². The Morgan fingerprint density at radius 1 is 1.18 bits per heavy atom. The van der Waals surface area contributed by atoms with Crippen molar-refractivity contribution in [2.45, 2.75) is 79.2 Å². The minimum atomic E-state index is 0.550. The van der Waals surface area contributed by atoms with Crippen molar-refractivity contribution in [3.8, 4) is 0 Å². The standard InChI is InChI=1S/C16H33N/c1-6-12-17-15(13(7-2)8-3)14-10-9-11-16(14,4)5/h13-15,17H,6-12H2,1-5H3. The van der Waals surface area contributed by atoms with Crippen molar-refractivity contribution in [2.75, 3.05) is 6.54 Å². The monoisotopic (exact) mass is 239 g/mol. The molecule has 1 saturated carbocycles. The molecule has 1 heteroatoms. The van der Waals surface area contributed by atoms with E-state index in [1.165, 1.54) is 45.1 Å². The lowest BCUT2D eigenvalue weighted by atomic mass is 9.72. The van der Waals surface area contributed by atoms with Gasteiger partial charge in [-0.2, -0.15) is 0 Å². The molecule has 1 fully saturated rings. The van der Waals surface area contributed by atoms with Gasteiger partial charge in [-0.05, 0) is 43.1 Å². The third kappa shape index (κ3) is 3.71. The molecular weight excluding hydrogens is 206 g/mol. The molecule has 1 rings (SSSR count). The molecule has 0 aromatic carbocycles. The molecule has 0 saturated heterocycles. The Labute approximate surface area is 109 Å². The molecule has 1 aliphatic rings. The van der Waals surface area contributed by atoms with Gasteiger partial charge in [-0.3, -0.25) is 0 Å². The van der Waals surface area contributed by atoms with E-state index < -0.39 is 0 Å². The van der Waals surface area contributed by atoms with E-state index in [2.05, 4.69) is 39.9 Å². The Morgan fingerprint density at radius 3 is 2.24 bits per heavy atom. The molecule has 0 heterocycles. The van der Waals surface area contributed by atoms with E-state index in [1.54, 1.807) is 0 Å². The maximum Gasteiger partial charge on any atom is 0.0128 e. The van der Waals surface area contributed by atoms with Crippen molar-refractivity contribution >= 4 is 0 Å². The average molecular weight is 239 g/mol. The van der Waals surface area contributed by atoms with Gasteiger partial charge in [-0.15, -0.1) is 0 Å². The summed E-state index contributed by atoms with van der Waals surface area (Å²) in [6.07, 6.45) is 8.19. The van der Waals surface area contributed by atoms with Crippen LogP contribution < -0.4 is 5.32 Å². The van der Waals surface area contributed by atoms with Crippen LogP contribution in [0.4, 0.5) is 0 Å². The van der Waals surface area contributed by atoms with Crippen molar-refractivity contribution in [1.82, 2.24) is 5.32 Å². The van der Waals surface area contributed by atoms with Crippen molar-refractivity contribution in [1.29, 1.82) is 0 Å². The van der Waals surface area contributed by atoms with Crippen LogP contribution in [0.15, 0.2) is 0 Å². The number of nitrogens with one attached hydrogen (secondary N) is 1. The smallest absolute Gasteiger partial charge is 0.0128 e. The summed E-state index contributed by atoms with van der Waals surface area (Å²) in [5.41, 5.74) is 0.550. The normalized spacial score (nSPS) is 25.4. The molecule has 1 N–H and O–H groups in total. The van der Waals surface area contributed by atoms with Crippen LogP contribution in [0.2, 0.25) is 0 Å². The van der Waals surface area contributed by atoms with Crippen molar-refractivity contribution in [3.63, 3.8) is 0 Å². The molecule has 0 aromatic heterocycles. The summed E-state index contributed by atoms with van der Waals surface area (Å²) in [4.78, 5) is 0. The van der Waals surface area contributed by atoms with E-state index in [-0.39, 0.29) is 0 Å². The number of hydrogen-bond acceptors (Lipinski definition) is 1. The van der Waals surface area contributed by atoms with Crippen LogP contribution in [0.25, 0.3) is 0 Å². The molecule has 17 heavy (non-hydrogen) atoms. The van der Waals surface area contributed by atoms with E-state index in [1.807, 2.05) is 0 Å². The lowest BCUT2D eigenvalue weighted by Gasteiger charge is -2.39. The van der Waals surface area contributed by atoms with E-state index >= 15 is 0 Å². The van der Waals surface area contributed by atoms with E-state index in [9.17, 15) is 0 Å². The lowest BCUT2D eigenvalue weighted by Crippen LogP contribution is -2.46. The third-order valence-corrected chi connectivity index (χ3v) is 4.96. The van der Waals surface area contributed by atoms with Crippen molar-refractivity contribution < 1.29 is 0 Å². The zero-order valence-corrected chi connectivity index (χ0v) is 12.7. The average Bonchev–Trinajstić information content (AvgIpc) is 2.64. The van der Waals surface area contributed by atoms with E-state index in [0.717, 1.165) is 17.9 Å². The molecule has 2 unspecified atom stereocenters. The SMILES string of the molecule is CCCNC(C(CC)CC)C1CCCC1(C)C. The predicted octanol–water partition coefficient (Wildman–Crippen LogP) is 4.62. The van der Waals surface area contributed by atoms with Crippen LogP contribution >= 0.6 is 0 Å². The van der Waals surface area contributed by atoms with E-state index in [4.69, 9.17) is 0 Å². The first-order valence-electron chi connectivity index (χ1n) is 7.80. The highest BCUT2D eigenvalue weighted by molar-refractivity contribution is 4.94. The third-order valence-electron chi connectivity index (χ3n) is 4.96. The summed E-state index contributed by atoms with van der Waals surface area (Å²) >= 11 is 0. The predicted molar refractivity (Wildman–Crippen MR) is 77.3 cm³/mol. The molecule has 2 atom stereocenters. The Bertz CT molecular complexity index is 206. The molecular formula is C16H33N. The molecule has 102 valence electrons. The van der Waals surface area contributed by atoms with Crippen LogP contribution in [0.5, 0.6) is 0 Å². The van der Waals surface area contributed by atoms with Gasteiger partial charge in [0.15, 0.2) is 0 Å². The Hall–Kier alpha value is -0.0400. The first-order valence-corrected chi connectivity index (χ1v) is 7.80.